The van der Waals surface area contributed by atoms with E-state index in [0.717, 1.165) is 0 Å². The molecule has 0 spiro atoms. The molecular weight excluding hydrogens is 398 g/mol. The highest BCUT2D eigenvalue weighted by molar-refractivity contribution is 8.04. The minimum Gasteiger partial charge on any atom is -0.497 e. The Hall–Kier alpha value is -2.73. The van der Waals surface area contributed by atoms with Crippen molar-refractivity contribution >= 4 is 34.8 Å². The molecule has 1 aliphatic heterocycles. The monoisotopic (exact) mass is 425 g/mol. The van der Waals surface area contributed by atoms with Crippen molar-refractivity contribution in [3.05, 3.63) is 59.0 Å². The molecule has 0 aliphatic carbocycles. The molecule has 2 amide bonds. The standard InChI is InChI=1S/C24H27NO4S/c1-15(2)14-29-20-12-8-18(9-13-20)25-23(26)21(22(24(25)27)30-16(3)4)17-6-10-19(28-5)11-7-17/h6-13,15-16H,14H2,1-5H3. The van der Waals surface area contributed by atoms with Crippen molar-refractivity contribution in [1.82, 2.24) is 0 Å². The van der Waals surface area contributed by atoms with Crippen molar-refractivity contribution in [3.8, 4) is 11.5 Å². The van der Waals surface area contributed by atoms with Crippen LogP contribution in [-0.4, -0.2) is 30.8 Å². The summed E-state index contributed by atoms with van der Waals surface area (Å²) in [6.45, 7) is 8.78. The van der Waals surface area contributed by atoms with Gasteiger partial charge in [-0.25, -0.2) is 4.90 Å². The molecule has 6 heteroatoms. The second-order valence-electron chi connectivity index (χ2n) is 7.74. The highest BCUT2D eigenvalue weighted by Gasteiger charge is 2.40. The molecular formula is C24H27NO4S. The summed E-state index contributed by atoms with van der Waals surface area (Å²) in [5.41, 5.74) is 1.67. The summed E-state index contributed by atoms with van der Waals surface area (Å²) in [7, 11) is 1.59. The number of nitrogens with zero attached hydrogens (tertiary/aromatic N) is 1. The Bertz CT molecular complexity index is 946. The third-order valence-corrected chi connectivity index (χ3v) is 5.54. The number of hydrogen-bond donors (Lipinski definition) is 0. The molecule has 1 aliphatic rings. The zero-order valence-corrected chi connectivity index (χ0v) is 18.8. The molecule has 0 bridgehead atoms. The minimum absolute atomic E-state index is 0.164. The average molecular weight is 426 g/mol. The normalized spacial score (nSPS) is 14.3. The van der Waals surface area contributed by atoms with Crippen LogP contribution < -0.4 is 14.4 Å². The summed E-state index contributed by atoms with van der Waals surface area (Å²) < 4.78 is 10.9. The van der Waals surface area contributed by atoms with E-state index in [1.807, 2.05) is 26.0 Å². The van der Waals surface area contributed by atoms with Gasteiger partial charge in [0.25, 0.3) is 11.8 Å². The number of ether oxygens (including phenoxy) is 2. The van der Waals surface area contributed by atoms with Gasteiger partial charge in [0, 0.05) is 5.25 Å². The highest BCUT2D eigenvalue weighted by atomic mass is 32.2. The van der Waals surface area contributed by atoms with E-state index in [9.17, 15) is 9.59 Å². The van der Waals surface area contributed by atoms with Gasteiger partial charge >= 0.3 is 0 Å². The van der Waals surface area contributed by atoms with Crippen LogP contribution in [0.2, 0.25) is 0 Å². The first-order valence-corrected chi connectivity index (χ1v) is 10.9. The largest absolute Gasteiger partial charge is 0.497 e. The van der Waals surface area contributed by atoms with Crippen molar-refractivity contribution in [1.29, 1.82) is 0 Å². The number of amides is 2. The summed E-state index contributed by atoms with van der Waals surface area (Å²) >= 11 is 1.41. The molecule has 158 valence electrons. The van der Waals surface area contributed by atoms with Crippen LogP contribution in [0, 0.1) is 5.92 Å². The molecule has 3 rings (SSSR count). The van der Waals surface area contributed by atoms with E-state index in [2.05, 4.69) is 13.8 Å². The van der Waals surface area contributed by atoms with Gasteiger partial charge in [-0.05, 0) is 47.9 Å². The molecule has 5 nitrogen and oxygen atoms in total. The van der Waals surface area contributed by atoms with Crippen molar-refractivity contribution in [2.45, 2.75) is 32.9 Å². The van der Waals surface area contributed by atoms with Crippen LogP contribution in [0.4, 0.5) is 5.69 Å². The fourth-order valence-electron chi connectivity index (χ4n) is 3.06. The van der Waals surface area contributed by atoms with Gasteiger partial charge < -0.3 is 9.47 Å². The number of carbonyl (C=O) groups excluding carboxylic acids is 2. The van der Waals surface area contributed by atoms with E-state index >= 15 is 0 Å². The minimum atomic E-state index is -0.316. The maximum absolute atomic E-state index is 13.3. The Morgan fingerprint density at radius 3 is 2.00 bits per heavy atom. The van der Waals surface area contributed by atoms with Crippen molar-refractivity contribution < 1.29 is 19.1 Å². The smallest absolute Gasteiger partial charge is 0.272 e. The summed E-state index contributed by atoms with van der Waals surface area (Å²) in [5, 5.41) is 0.164. The fourth-order valence-corrected chi connectivity index (χ4v) is 4.04. The molecule has 0 saturated heterocycles. The molecule has 0 aromatic heterocycles. The van der Waals surface area contributed by atoms with Gasteiger partial charge in [0.2, 0.25) is 0 Å². The predicted molar refractivity (Wildman–Crippen MR) is 122 cm³/mol. The zero-order chi connectivity index (χ0) is 21.8. The lowest BCUT2D eigenvalue weighted by molar-refractivity contribution is -0.119. The van der Waals surface area contributed by atoms with E-state index in [4.69, 9.17) is 9.47 Å². The summed E-state index contributed by atoms with van der Waals surface area (Å²) in [5.74, 6) is 1.22. The summed E-state index contributed by atoms with van der Waals surface area (Å²) in [4.78, 5) is 28.3. The number of benzene rings is 2. The number of thioether (sulfide) groups is 1. The molecule has 1 heterocycles. The predicted octanol–water partition coefficient (Wildman–Crippen LogP) is 5.16. The van der Waals surface area contributed by atoms with Gasteiger partial charge in [0.05, 0.1) is 29.9 Å². The van der Waals surface area contributed by atoms with E-state index in [1.54, 1.807) is 43.5 Å². The number of rotatable bonds is 8. The summed E-state index contributed by atoms with van der Waals surface area (Å²) in [6, 6.07) is 14.3. The maximum Gasteiger partial charge on any atom is 0.272 e. The van der Waals surface area contributed by atoms with Crippen molar-refractivity contribution in [2.24, 2.45) is 5.92 Å². The van der Waals surface area contributed by atoms with Gasteiger partial charge in [-0.3, -0.25) is 9.59 Å². The molecule has 0 unspecified atom stereocenters. The van der Waals surface area contributed by atoms with Gasteiger partial charge in [-0.15, -0.1) is 11.8 Å². The quantitative estimate of drug-likeness (QED) is 0.547. The Morgan fingerprint density at radius 2 is 1.47 bits per heavy atom. The maximum atomic E-state index is 13.3. The van der Waals surface area contributed by atoms with Crippen LogP contribution in [-0.2, 0) is 9.59 Å². The SMILES string of the molecule is COc1ccc(C2=C(SC(C)C)C(=O)N(c3ccc(OCC(C)C)cc3)C2=O)cc1. The van der Waals surface area contributed by atoms with Crippen molar-refractivity contribution in [2.75, 3.05) is 18.6 Å². The fraction of sp³-hybridized carbons (Fsp3) is 0.333. The number of methoxy groups -OCH3 is 1. The van der Waals surface area contributed by atoms with E-state index in [0.29, 0.717) is 45.8 Å². The van der Waals surface area contributed by atoms with Crippen LogP contribution in [0.3, 0.4) is 0 Å². The Kier molecular flexibility index (Phi) is 6.87. The lowest BCUT2D eigenvalue weighted by Crippen LogP contribution is -2.31. The first kappa shape index (κ1) is 22.0. The number of imide groups is 1. The topological polar surface area (TPSA) is 55.8 Å². The van der Waals surface area contributed by atoms with Crippen LogP contribution in [0.15, 0.2) is 53.4 Å². The molecule has 2 aromatic carbocycles. The highest BCUT2D eigenvalue weighted by Crippen LogP contribution is 2.40. The Balaban J connectivity index is 1.93. The molecule has 0 saturated carbocycles. The third kappa shape index (κ3) is 4.70. The van der Waals surface area contributed by atoms with Crippen LogP contribution >= 0.6 is 11.8 Å². The second-order valence-corrected chi connectivity index (χ2v) is 9.33. The molecule has 0 N–H and O–H groups in total. The van der Waals surface area contributed by atoms with Crippen LogP contribution in [0.1, 0.15) is 33.3 Å². The lowest BCUT2D eigenvalue weighted by Gasteiger charge is -2.16. The molecule has 0 radical (unpaired) electrons. The number of carbonyl (C=O) groups is 2. The van der Waals surface area contributed by atoms with E-state index in [1.165, 1.54) is 16.7 Å². The summed E-state index contributed by atoms with van der Waals surface area (Å²) in [6.07, 6.45) is 0. The van der Waals surface area contributed by atoms with Gasteiger partial charge in [0.15, 0.2) is 0 Å². The molecule has 0 atom stereocenters. The van der Waals surface area contributed by atoms with Crippen LogP contribution in [0.25, 0.3) is 5.57 Å². The molecule has 30 heavy (non-hydrogen) atoms. The zero-order valence-electron chi connectivity index (χ0n) is 18.0. The Labute approximate surface area is 182 Å². The number of anilines is 1. The lowest BCUT2D eigenvalue weighted by atomic mass is 10.1. The second kappa shape index (κ2) is 9.39. The van der Waals surface area contributed by atoms with Crippen molar-refractivity contribution in [3.63, 3.8) is 0 Å². The van der Waals surface area contributed by atoms with Gasteiger partial charge in [-0.2, -0.15) is 0 Å². The van der Waals surface area contributed by atoms with E-state index in [-0.39, 0.29) is 17.1 Å². The molecule has 0 fully saturated rings. The van der Waals surface area contributed by atoms with Crippen LogP contribution in [0.5, 0.6) is 11.5 Å². The van der Waals surface area contributed by atoms with Gasteiger partial charge in [0.1, 0.15) is 11.5 Å². The molecule has 2 aromatic rings. The first-order valence-electron chi connectivity index (χ1n) is 9.98. The van der Waals surface area contributed by atoms with Gasteiger partial charge in [-0.1, -0.05) is 39.8 Å². The average Bonchev–Trinajstić information content (AvgIpc) is 2.96. The van der Waals surface area contributed by atoms with E-state index < -0.39 is 0 Å². The number of hydrogen-bond acceptors (Lipinski definition) is 5. The third-order valence-electron chi connectivity index (χ3n) is 4.45. The Morgan fingerprint density at radius 1 is 0.867 bits per heavy atom. The first-order chi connectivity index (χ1) is 14.3.